The molecular formula is C22H30N4O2S. The van der Waals surface area contributed by atoms with Gasteiger partial charge in [0.25, 0.3) is 0 Å². The van der Waals surface area contributed by atoms with Gasteiger partial charge in [-0.05, 0) is 50.8 Å². The molecule has 2 aromatic heterocycles. The first kappa shape index (κ1) is 21.3. The fraction of sp³-hybridized carbons (Fsp3) is 0.455. The molecule has 3 rings (SSSR count). The van der Waals surface area contributed by atoms with Crippen LogP contribution in [0.15, 0.2) is 35.2 Å². The van der Waals surface area contributed by atoms with Crippen molar-refractivity contribution in [3.63, 3.8) is 0 Å². The molecule has 2 N–H and O–H groups in total. The Kier molecular flexibility index (Phi) is 6.57. The summed E-state index contributed by atoms with van der Waals surface area (Å²) in [5, 5.41) is 0. The van der Waals surface area contributed by atoms with Crippen molar-refractivity contribution >= 4 is 26.7 Å². The van der Waals surface area contributed by atoms with E-state index in [2.05, 4.69) is 16.5 Å². The highest BCUT2D eigenvalue weighted by Gasteiger charge is 2.18. The maximum absolute atomic E-state index is 12.5. The van der Waals surface area contributed by atoms with Gasteiger partial charge < -0.3 is 10.3 Å². The van der Waals surface area contributed by atoms with Crippen molar-refractivity contribution in [1.82, 2.24) is 14.5 Å². The van der Waals surface area contributed by atoms with E-state index in [0.717, 1.165) is 60.3 Å². The lowest BCUT2D eigenvalue weighted by Crippen LogP contribution is -2.10. The van der Waals surface area contributed by atoms with Crippen molar-refractivity contribution < 1.29 is 8.42 Å². The second kappa shape index (κ2) is 8.95. The predicted molar refractivity (Wildman–Crippen MR) is 118 cm³/mol. The summed E-state index contributed by atoms with van der Waals surface area (Å²) in [4.78, 5) is 9.60. The normalized spacial score (nSPS) is 12.0. The third kappa shape index (κ3) is 4.61. The SMILES string of the molecule is CCCCc1nc2c(N)nc(C)c(C)c2n1CCCCS(=O)(=O)c1ccccc1. The number of aromatic nitrogens is 3. The molecule has 7 heteroatoms. The van der Waals surface area contributed by atoms with Gasteiger partial charge in [0.15, 0.2) is 15.7 Å². The van der Waals surface area contributed by atoms with Gasteiger partial charge in [0.05, 0.1) is 16.2 Å². The molecule has 0 saturated carbocycles. The van der Waals surface area contributed by atoms with Gasteiger partial charge in [-0.25, -0.2) is 18.4 Å². The summed E-state index contributed by atoms with van der Waals surface area (Å²) in [7, 11) is -3.24. The number of nitrogen functional groups attached to an aromatic ring is 1. The standard InChI is InChI=1S/C22H30N4O2S/c1-4-5-13-19-25-20-21(16(2)17(3)24-22(20)23)26(19)14-9-10-15-29(27,28)18-11-7-6-8-12-18/h6-8,11-12H,4-5,9-10,13-15H2,1-3H3,(H2,23,24). The Labute approximate surface area is 173 Å². The number of nitrogens with zero attached hydrogens (tertiary/aromatic N) is 3. The summed E-state index contributed by atoms with van der Waals surface area (Å²) in [6, 6.07) is 8.65. The van der Waals surface area contributed by atoms with Crippen LogP contribution in [0.5, 0.6) is 0 Å². The van der Waals surface area contributed by atoms with Crippen LogP contribution < -0.4 is 5.73 Å². The largest absolute Gasteiger partial charge is 0.382 e. The van der Waals surface area contributed by atoms with Crippen LogP contribution in [-0.4, -0.2) is 28.7 Å². The third-order valence-electron chi connectivity index (χ3n) is 5.38. The summed E-state index contributed by atoms with van der Waals surface area (Å²) in [5.41, 5.74) is 9.93. The van der Waals surface area contributed by atoms with E-state index in [4.69, 9.17) is 10.7 Å². The molecule has 29 heavy (non-hydrogen) atoms. The first-order chi connectivity index (χ1) is 13.8. The lowest BCUT2D eigenvalue weighted by atomic mass is 10.2. The smallest absolute Gasteiger partial charge is 0.178 e. The molecule has 0 aliphatic rings. The Morgan fingerprint density at radius 3 is 2.45 bits per heavy atom. The lowest BCUT2D eigenvalue weighted by Gasteiger charge is -2.12. The van der Waals surface area contributed by atoms with Gasteiger partial charge in [-0.15, -0.1) is 0 Å². The van der Waals surface area contributed by atoms with Crippen molar-refractivity contribution in [2.45, 2.75) is 64.3 Å². The summed E-state index contributed by atoms with van der Waals surface area (Å²) in [5.74, 6) is 1.62. The minimum absolute atomic E-state index is 0.148. The predicted octanol–water partition coefficient (Wildman–Crippen LogP) is 4.23. The first-order valence-corrected chi connectivity index (χ1v) is 11.9. The molecule has 0 aliphatic carbocycles. The van der Waals surface area contributed by atoms with Crippen LogP contribution in [-0.2, 0) is 22.8 Å². The van der Waals surface area contributed by atoms with Crippen molar-refractivity contribution in [3.05, 3.63) is 47.4 Å². The van der Waals surface area contributed by atoms with Crippen LogP contribution in [0.4, 0.5) is 5.82 Å². The van der Waals surface area contributed by atoms with Gasteiger partial charge in [-0.3, -0.25) is 0 Å². The van der Waals surface area contributed by atoms with E-state index in [-0.39, 0.29) is 5.75 Å². The second-order valence-electron chi connectivity index (χ2n) is 7.53. The number of rotatable bonds is 9. The maximum atomic E-state index is 12.5. The molecule has 0 fully saturated rings. The summed E-state index contributed by atoms with van der Waals surface area (Å²) >= 11 is 0. The van der Waals surface area contributed by atoms with Crippen LogP contribution in [0.2, 0.25) is 0 Å². The molecule has 0 atom stereocenters. The highest BCUT2D eigenvalue weighted by atomic mass is 32.2. The number of sulfone groups is 1. The van der Waals surface area contributed by atoms with Crippen LogP contribution >= 0.6 is 0 Å². The van der Waals surface area contributed by atoms with Gasteiger partial charge in [0, 0.05) is 18.7 Å². The number of fused-ring (bicyclic) bond motifs is 1. The topological polar surface area (TPSA) is 90.9 Å². The number of hydrogen-bond acceptors (Lipinski definition) is 5. The Balaban J connectivity index is 1.80. The van der Waals surface area contributed by atoms with Gasteiger partial charge in [0.1, 0.15) is 11.3 Å². The van der Waals surface area contributed by atoms with E-state index in [1.807, 2.05) is 19.9 Å². The average molecular weight is 415 g/mol. The number of benzene rings is 1. The van der Waals surface area contributed by atoms with Gasteiger partial charge in [0.2, 0.25) is 0 Å². The van der Waals surface area contributed by atoms with E-state index < -0.39 is 9.84 Å². The van der Waals surface area contributed by atoms with E-state index in [9.17, 15) is 8.42 Å². The molecule has 0 saturated heterocycles. The molecule has 6 nitrogen and oxygen atoms in total. The average Bonchev–Trinajstić information content (AvgIpc) is 3.07. The lowest BCUT2D eigenvalue weighted by molar-refractivity contribution is 0.577. The highest BCUT2D eigenvalue weighted by Crippen LogP contribution is 2.27. The molecule has 0 amide bonds. The third-order valence-corrected chi connectivity index (χ3v) is 7.19. The molecule has 2 heterocycles. The minimum Gasteiger partial charge on any atom is -0.382 e. The number of unbranched alkanes of at least 4 members (excludes halogenated alkanes) is 2. The molecular weight excluding hydrogens is 384 g/mol. The summed E-state index contributed by atoms with van der Waals surface area (Å²) < 4.78 is 27.3. The first-order valence-electron chi connectivity index (χ1n) is 10.2. The fourth-order valence-electron chi connectivity index (χ4n) is 3.62. The zero-order valence-corrected chi connectivity index (χ0v) is 18.3. The van der Waals surface area contributed by atoms with Crippen LogP contribution in [0, 0.1) is 13.8 Å². The van der Waals surface area contributed by atoms with Gasteiger partial charge in [-0.2, -0.15) is 0 Å². The molecule has 3 aromatic rings. The Bertz CT molecular complexity index is 1090. The van der Waals surface area contributed by atoms with E-state index in [1.54, 1.807) is 24.3 Å². The van der Waals surface area contributed by atoms with Gasteiger partial charge >= 0.3 is 0 Å². The van der Waals surface area contributed by atoms with Crippen LogP contribution in [0.25, 0.3) is 11.0 Å². The van der Waals surface area contributed by atoms with Gasteiger partial charge in [-0.1, -0.05) is 31.5 Å². The summed E-state index contributed by atoms with van der Waals surface area (Å²) in [6.07, 6.45) is 4.38. The number of imidazole rings is 1. The Morgan fingerprint density at radius 1 is 1.03 bits per heavy atom. The fourth-order valence-corrected chi connectivity index (χ4v) is 5.01. The molecule has 156 valence electrons. The van der Waals surface area contributed by atoms with E-state index in [0.29, 0.717) is 17.1 Å². The van der Waals surface area contributed by atoms with Crippen LogP contribution in [0.3, 0.4) is 0 Å². The second-order valence-corrected chi connectivity index (χ2v) is 9.64. The number of anilines is 1. The van der Waals surface area contributed by atoms with Crippen molar-refractivity contribution in [1.29, 1.82) is 0 Å². The molecule has 0 radical (unpaired) electrons. The quantitative estimate of drug-likeness (QED) is 0.529. The molecule has 0 aliphatic heterocycles. The molecule has 0 bridgehead atoms. The zero-order valence-electron chi connectivity index (χ0n) is 17.5. The van der Waals surface area contributed by atoms with E-state index in [1.165, 1.54) is 0 Å². The zero-order chi connectivity index (χ0) is 21.0. The van der Waals surface area contributed by atoms with Crippen molar-refractivity contribution in [3.8, 4) is 0 Å². The highest BCUT2D eigenvalue weighted by molar-refractivity contribution is 7.91. The Hall–Kier alpha value is -2.41. The van der Waals surface area contributed by atoms with E-state index >= 15 is 0 Å². The maximum Gasteiger partial charge on any atom is 0.178 e. The minimum atomic E-state index is -3.24. The van der Waals surface area contributed by atoms with Crippen molar-refractivity contribution in [2.24, 2.45) is 0 Å². The summed E-state index contributed by atoms with van der Waals surface area (Å²) in [6.45, 7) is 6.89. The number of hydrogen-bond donors (Lipinski definition) is 1. The molecule has 0 unspecified atom stereocenters. The molecule has 1 aromatic carbocycles. The number of pyridine rings is 1. The van der Waals surface area contributed by atoms with Crippen molar-refractivity contribution in [2.75, 3.05) is 11.5 Å². The Morgan fingerprint density at radius 2 is 1.76 bits per heavy atom. The van der Waals surface area contributed by atoms with Crippen LogP contribution in [0.1, 0.15) is 49.7 Å². The number of nitrogens with two attached hydrogens (primary N) is 1. The molecule has 0 spiro atoms. The monoisotopic (exact) mass is 414 g/mol. The number of aryl methyl sites for hydroxylation is 4.